The maximum atomic E-state index is 12.9. The van der Waals surface area contributed by atoms with Crippen molar-refractivity contribution < 1.29 is 14.3 Å². The molecule has 2 aromatic rings. The largest absolute Gasteiger partial charge is 0.495 e. The van der Waals surface area contributed by atoms with E-state index >= 15 is 0 Å². The molecule has 1 saturated heterocycles. The highest BCUT2D eigenvalue weighted by atomic mass is 16.5. The molecule has 0 atom stereocenters. The van der Waals surface area contributed by atoms with E-state index < -0.39 is 11.2 Å². The standard InChI is InChI=1S/C16H20N4O5/c1-10-8-17-14-12(13(10)24-3)15(22)20(16(23)18(14)2)9-11(21)19-4-6-25-7-5-19/h8H,4-7,9H2,1-3H3. The number of hydrogen-bond acceptors (Lipinski definition) is 6. The van der Waals surface area contributed by atoms with Crippen LogP contribution in [0.1, 0.15) is 5.56 Å². The summed E-state index contributed by atoms with van der Waals surface area (Å²) in [6, 6.07) is 0. The molecule has 1 aliphatic rings. The minimum absolute atomic E-state index is 0.194. The Morgan fingerprint density at radius 3 is 2.64 bits per heavy atom. The van der Waals surface area contributed by atoms with Gasteiger partial charge in [0.2, 0.25) is 5.91 Å². The zero-order valence-electron chi connectivity index (χ0n) is 14.4. The second kappa shape index (κ2) is 6.67. The number of rotatable bonds is 3. The van der Waals surface area contributed by atoms with Gasteiger partial charge in [-0.3, -0.25) is 14.2 Å². The highest BCUT2D eigenvalue weighted by molar-refractivity contribution is 5.83. The minimum atomic E-state index is -0.586. The number of morpholine rings is 1. The molecule has 0 radical (unpaired) electrons. The molecule has 0 saturated carbocycles. The number of amides is 1. The van der Waals surface area contributed by atoms with E-state index in [1.165, 1.54) is 18.7 Å². The molecule has 3 rings (SSSR count). The molecule has 3 heterocycles. The van der Waals surface area contributed by atoms with Gasteiger partial charge in [0.15, 0.2) is 5.65 Å². The van der Waals surface area contributed by atoms with Gasteiger partial charge in [0, 0.05) is 31.9 Å². The van der Waals surface area contributed by atoms with E-state index in [1.807, 2.05) is 0 Å². The lowest BCUT2D eigenvalue weighted by Gasteiger charge is -2.27. The molecule has 0 N–H and O–H groups in total. The number of carbonyl (C=O) groups is 1. The van der Waals surface area contributed by atoms with Crippen LogP contribution in [0, 0.1) is 6.92 Å². The molecule has 1 amide bonds. The zero-order chi connectivity index (χ0) is 18.1. The third-order valence-corrected chi connectivity index (χ3v) is 4.35. The molecule has 0 bridgehead atoms. The molecule has 1 aliphatic heterocycles. The molecule has 1 fully saturated rings. The van der Waals surface area contributed by atoms with Crippen molar-refractivity contribution in [3.05, 3.63) is 32.6 Å². The van der Waals surface area contributed by atoms with Crippen LogP contribution in [-0.2, 0) is 23.1 Å². The summed E-state index contributed by atoms with van der Waals surface area (Å²) in [5.74, 6) is 0.0691. The van der Waals surface area contributed by atoms with Gasteiger partial charge < -0.3 is 14.4 Å². The molecular formula is C16H20N4O5. The fraction of sp³-hybridized carbons (Fsp3) is 0.500. The summed E-state index contributed by atoms with van der Waals surface area (Å²) >= 11 is 0. The molecule has 2 aromatic heterocycles. The first-order valence-electron chi connectivity index (χ1n) is 7.94. The van der Waals surface area contributed by atoms with E-state index in [0.29, 0.717) is 37.6 Å². The second-order valence-corrected chi connectivity index (χ2v) is 5.90. The van der Waals surface area contributed by atoms with Gasteiger partial charge >= 0.3 is 5.69 Å². The van der Waals surface area contributed by atoms with Gasteiger partial charge in [-0.2, -0.15) is 0 Å². The van der Waals surface area contributed by atoms with Crippen molar-refractivity contribution in [2.45, 2.75) is 13.5 Å². The van der Waals surface area contributed by atoms with Gasteiger partial charge in [-0.05, 0) is 6.92 Å². The Balaban J connectivity index is 2.13. The average Bonchev–Trinajstić information content (AvgIpc) is 2.63. The smallest absolute Gasteiger partial charge is 0.332 e. The van der Waals surface area contributed by atoms with Crippen LogP contribution in [0.25, 0.3) is 11.0 Å². The summed E-state index contributed by atoms with van der Waals surface area (Å²) in [6.45, 7) is 3.25. The van der Waals surface area contributed by atoms with Crippen LogP contribution >= 0.6 is 0 Å². The number of carbonyl (C=O) groups excluding carboxylic acids is 1. The summed E-state index contributed by atoms with van der Waals surface area (Å²) in [6.07, 6.45) is 1.54. The van der Waals surface area contributed by atoms with Crippen molar-refractivity contribution in [3.63, 3.8) is 0 Å². The fourth-order valence-electron chi connectivity index (χ4n) is 2.97. The Bertz CT molecular complexity index is 940. The van der Waals surface area contributed by atoms with Crippen LogP contribution in [0.2, 0.25) is 0 Å². The minimum Gasteiger partial charge on any atom is -0.495 e. The van der Waals surface area contributed by atoms with E-state index in [4.69, 9.17) is 9.47 Å². The van der Waals surface area contributed by atoms with E-state index in [9.17, 15) is 14.4 Å². The number of aryl methyl sites for hydroxylation is 2. The number of methoxy groups -OCH3 is 1. The second-order valence-electron chi connectivity index (χ2n) is 5.90. The number of fused-ring (bicyclic) bond motifs is 1. The molecule has 0 aliphatic carbocycles. The number of ether oxygens (including phenoxy) is 2. The van der Waals surface area contributed by atoms with Crippen LogP contribution in [0.4, 0.5) is 0 Å². The maximum absolute atomic E-state index is 12.9. The Kier molecular flexibility index (Phi) is 4.58. The Morgan fingerprint density at radius 1 is 1.32 bits per heavy atom. The summed E-state index contributed by atoms with van der Waals surface area (Å²) in [4.78, 5) is 43.7. The highest BCUT2D eigenvalue weighted by Gasteiger charge is 2.22. The normalized spacial score (nSPS) is 14.8. The summed E-state index contributed by atoms with van der Waals surface area (Å²) in [5.41, 5.74) is -0.255. The molecule has 25 heavy (non-hydrogen) atoms. The molecule has 0 spiro atoms. The first-order valence-corrected chi connectivity index (χ1v) is 7.94. The maximum Gasteiger partial charge on any atom is 0.332 e. The van der Waals surface area contributed by atoms with Crippen LogP contribution < -0.4 is 16.0 Å². The first kappa shape index (κ1) is 17.2. The van der Waals surface area contributed by atoms with Gasteiger partial charge in [-0.1, -0.05) is 0 Å². The van der Waals surface area contributed by atoms with Crippen molar-refractivity contribution in [3.8, 4) is 5.75 Å². The average molecular weight is 348 g/mol. The number of aromatic nitrogens is 3. The molecule has 0 unspecified atom stereocenters. The fourth-order valence-corrected chi connectivity index (χ4v) is 2.97. The van der Waals surface area contributed by atoms with Gasteiger partial charge in [-0.25, -0.2) is 14.3 Å². The quantitative estimate of drug-likeness (QED) is 0.726. The van der Waals surface area contributed by atoms with E-state index in [1.54, 1.807) is 18.0 Å². The number of pyridine rings is 1. The van der Waals surface area contributed by atoms with E-state index in [0.717, 1.165) is 4.57 Å². The monoisotopic (exact) mass is 348 g/mol. The van der Waals surface area contributed by atoms with Crippen molar-refractivity contribution in [2.75, 3.05) is 33.4 Å². The molecule has 9 nitrogen and oxygen atoms in total. The van der Waals surface area contributed by atoms with Crippen molar-refractivity contribution in [1.29, 1.82) is 0 Å². The Hall–Kier alpha value is -2.68. The van der Waals surface area contributed by atoms with Gasteiger partial charge in [0.1, 0.15) is 17.7 Å². The lowest BCUT2D eigenvalue weighted by Crippen LogP contribution is -2.47. The predicted molar refractivity (Wildman–Crippen MR) is 89.9 cm³/mol. The number of hydrogen-bond donors (Lipinski definition) is 0. The van der Waals surface area contributed by atoms with E-state index in [-0.39, 0.29) is 23.5 Å². The SMILES string of the molecule is COc1c(C)cnc2c1c(=O)n(CC(=O)N1CCOCC1)c(=O)n2C. The first-order chi connectivity index (χ1) is 12.0. The zero-order valence-corrected chi connectivity index (χ0v) is 14.4. The molecule has 0 aromatic carbocycles. The summed E-state index contributed by atoms with van der Waals surface area (Å²) < 4.78 is 12.7. The molecular weight excluding hydrogens is 328 g/mol. The highest BCUT2D eigenvalue weighted by Crippen LogP contribution is 2.23. The van der Waals surface area contributed by atoms with Crippen molar-refractivity contribution in [2.24, 2.45) is 7.05 Å². The predicted octanol–water partition coefficient (Wildman–Crippen LogP) is -0.729. The van der Waals surface area contributed by atoms with Crippen molar-refractivity contribution in [1.82, 2.24) is 19.0 Å². The Labute approximate surface area is 143 Å². The van der Waals surface area contributed by atoms with E-state index in [2.05, 4.69) is 4.98 Å². The molecule has 134 valence electrons. The topological polar surface area (TPSA) is 95.7 Å². The summed E-state index contributed by atoms with van der Waals surface area (Å²) in [5, 5.41) is 0.194. The third-order valence-electron chi connectivity index (χ3n) is 4.35. The van der Waals surface area contributed by atoms with Crippen LogP contribution in [0.15, 0.2) is 15.8 Å². The number of nitrogens with zero attached hydrogens (tertiary/aromatic N) is 4. The lowest BCUT2D eigenvalue weighted by atomic mass is 10.2. The van der Waals surface area contributed by atoms with Gasteiger partial charge in [-0.15, -0.1) is 0 Å². The van der Waals surface area contributed by atoms with Crippen LogP contribution in [0.3, 0.4) is 0 Å². The van der Waals surface area contributed by atoms with Crippen molar-refractivity contribution >= 4 is 16.9 Å². The molecule has 9 heteroatoms. The Morgan fingerprint density at radius 2 is 2.00 bits per heavy atom. The third kappa shape index (κ3) is 2.91. The lowest BCUT2D eigenvalue weighted by molar-refractivity contribution is -0.136. The summed E-state index contributed by atoms with van der Waals surface area (Å²) in [7, 11) is 2.97. The van der Waals surface area contributed by atoms with Gasteiger partial charge in [0.05, 0.1) is 20.3 Å². The van der Waals surface area contributed by atoms with Gasteiger partial charge in [0.25, 0.3) is 5.56 Å². The van der Waals surface area contributed by atoms with Crippen LogP contribution in [-0.4, -0.2) is 58.3 Å². The van der Waals surface area contributed by atoms with Crippen LogP contribution in [0.5, 0.6) is 5.75 Å².